The molecule has 0 aliphatic heterocycles. The van der Waals surface area contributed by atoms with E-state index in [-0.39, 0.29) is 12.4 Å². The van der Waals surface area contributed by atoms with Crippen LogP contribution in [0.4, 0.5) is 4.39 Å². The Balaban J connectivity index is 1.36. The lowest BCUT2D eigenvalue weighted by atomic mass is 10.2. The van der Waals surface area contributed by atoms with E-state index in [4.69, 9.17) is 13.8 Å². The maximum Gasteiger partial charge on any atom is 0.258 e. The average molecular weight is 394 g/mol. The van der Waals surface area contributed by atoms with Gasteiger partial charge in [0.2, 0.25) is 17.5 Å². The monoisotopic (exact) mass is 394 g/mol. The van der Waals surface area contributed by atoms with Crippen LogP contribution in [-0.2, 0) is 13.0 Å². The molecule has 0 aliphatic carbocycles. The summed E-state index contributed by atoms with van der Waals surface area (Å²) in [7, 11) is 0. The highest BCUT2D eigenvalue weighted by molar-refractivity contribution is 5.55. The first-order valence-electron chi connectivity index (χ1n) is 9.35. The topological polar surface area (TPSA) is 87.1 Å². The van der Waals surface area contributed by atoms with Crippen LogP contribution in [0.3, 0.4) is 0 Å². The van der Waals surface area contributed by atoms with Crippen LogP contribution in [0.15, 0.2) is 57.6 Å². The fourth-order valence-corrected chi connectivity index (χ4v) is 2.67. The molecule has 0 N–H and O–H groups in total. The predicted octanol–water partition coefficient (Wildman–Crippen LogP) is 4.85. The second-order valence-corrected chi connectivity index (χ2v) is 6.45. The number of halogens is 1. The lowest BCUT2D eigenvalue weighted by molar-refractivity contribution is 0.287. The lowest BCUT2D eigenvalue weighted by Crippen LogP contribution is -1.97. The fourth-order valence-electron chi connectivity index (χ4n) is 2.67. The number of aryl methyl sites for hydroxylation is 1. The maximum absolute atomic E-state index is 13.0. The summed E-state index contributed by atoms with van der Waals surface area (Å²) in [4.78, 5) is 8.66. The van der Waals surface area contributed by atoms with Crippen molar-refractivity contribution in [1.29, 1.82) is 0 Å². The van der Waals surface area contributed by atoms with Crippen LogP contribution in [0.25, 0.3) is 22.8 Å². The molecule has 148 valence electrons. The van der Waals surface area contributed by atoms with Crippen LogP contribution in [0.1, 0.15) is 31.5 Å². The Morgan fingerprint density at radius 1 is 0.897 bits per heavy atom. The second kappa shape index (κ2) is 8.64. The van der Waals surface area contributed by atoms with Crippen molar-refractivity contribution in [2.75, 3.05) is 0 Å². The summed E-state index contributed by atoms with van der Waals surface area (Å²) in [5.74, 6) is 2.25. The summed E-state index contributed by atoms with van der Waals surface area (Å²) in [6, 6.07) is 13.2. The molecule has 0 bridgehead atoms. The number of aromatic nitrogens is 4. The van der Waals surface area contributed by atoms with E-state index in [0.29, 0.717) is 34.7 Å². The molecule has 0 radical (unpaired) electrons. The number of hydrogen-bond acceptors (Lipinski definition) is 7. The van der Waals surface area contributed by atoms with E-state index in [2.05, 4.69) is 27.2 Å². The zero-order valence-corrected chi connectivity index (χ0v) is 15.8. The quantitative estimate of drug-likeness (QED) is 0.422. The van der Waals surface area contributed by atoms with Crippen molar-refractivity contribution in [1.82, 2.24) is 20.3 Å². The Kier molecular flexibility index (Phi) is 5.60. The molecule has 0 saturated heterocycles. The molecule has 0 unspecified atom stereocenters. The summed E-state index contributed by atoms with van der Waals surface area (Å²) in [6.45, 7) is 2.27. The molecule has 4 aromatic rings. The van der Waals surface area contributed by atoms with Gasteiger partial charge in [-0.2, -0.15) is 9.97 Å². The number of benzene rings is 2. The van der Waals surface area contributed by atoms with Gasteiger partial charge in [-0.1, -0.05) is 23.7 Å². The highest BCUT2D eigenvalue weighted by Gasteiger charge is 2.11. The Bertz CT molecular complexity index is 1060. The maximum atomic E-state index is 13.0. The van der Waals surface area contributed by atoms with E-state index in [1.165, 1.54) is 12.1 Å². The van der Waals surface area contributed by atoms with Gasteiger partial charge in [-0.25, -0.2) is 4.39 Å². The first-order chi connectivity index (χ1) is 14.2. The van der Waals surface area contributed by atoms with Gasteiger partial charge in [0, 0.05) is 17.5 Å². The third-order valence-corrected chi connectivity index (χ3v) is 4.25. The fraction of sp³-hybridized carbons (Fsp3) is 0.238. The number of ether oxygens (including phenoxy) is 1. The Labute approximate surface area is 166 Å². The van der Waals surface area contributed by atoms with Gasteiger partial charge in [-0.15, -0.1) is 0 Å². The van der Waals surface area contributed by atoms with Crippen LogP contribution in [0, 0.1) is 5.82 Å². The van der Waals surface area contributed by atoms with Crippen LogP contribution in [0.5, 0.6) is 5.75 Å². The Morgan fingerprint density at radius 2 is 1.66 bits per heavy atom. The number of unbranched alkanes of at least 4 members (excludes halogenated alkanes) is 1. The molecule has 2 aromatic heterocycles. The van der Waals surface area contributed by atoms with Crippen molar-refractivity contribution in [3.05, 3.63) is 66.1 Å². The van der Waals surface area contributed by atoms with E-state index in [1.54, 1.807) is 12.1 Å². The van der Waals surface area contributed by atoms with Crippen molar-refractivity contribution < 1.29 is 18.2 Å². The average Bonchev–Trinajstić information content (AvgIpc) is 3.42. The van der Waals surface area contributed by atoms with Gasteiger partial charge >= 0.3 is 0 Å². The smallest absolute Gasteiger partial charge is 0.258 e. The van der Waals surface area contributed by atoms with Crippen LogP contribution in [0.2, 0.25) is 0 Å². The molecular weight excluding hydrogens is 375 g/mol. The van der Waals surface area contributed by atoms with E-state index in [9.17, 15) is 4.39 Å². The first kappa shape index (κ1) is 18.8. The van der Waals surface area contributed by atoms with Crippen molar-refractivity contribution >= 4 is 0 Å². The van der Waals surface area contributed by atoms with Crippen molar-refractivity contribution in [2.45, 2.75) is 32.8 Å². The van der Waals surface area contributed by atoms with Gasteiger partial charge in [-0.05, 0) is 55.0 Å². The molecule has 0 spiro atoms. The molecule has 2 aromatic carbocycles. The summed E-state index contributed by atoms with van der Waals surface area (Å²) < 4.78 is 29.2. The van der Waals surface area contributed by atoms with Crippen LogP contribution < -0.4 is 4.74 Å². The van der Waals surface area contributed by atoms with Gasteiger partial charge in [0.25, 0.3) is 5.89 Å². The molecule has 7 nitrogen and oxygen atoms in total. The summed E-state index contributed by atoms with van der Waals surface area (Å²) in [5, 5.41) is 7.90. The normalized spacial score (nSPS) is 11.0. The van der Waals surface area contributed by atoms with E-state index in [1.807, 2.05) is 24.3 Å². The van der Waals surface area contributed by atoms with Crippen molar-refractivity contribution in [3.63, 3.8) is 0 Å². The predicted molar refractivity (Wildman–Crippen MR) is 102 cm³/mol. The highest BCUT2D eigenvalue weighted by Crippen LogP contribution is 2.22. The van der Waals surface area contributed by atoms with Crippen LogP contribution >= 0.6 is 0 Å². The van der Waals surface area contributed by atoms with Crippen molar-refractivity contribution in [2.24, 2.45) is 0 Å². The Morgan fingerprint density at radius 3 is 2.41 bits per heavy atom. The van der Waals surface area contributed by atoms with E-state index < -0.39 is 0 Å². The number of rotatable bonds is 8. The molecule has 0 atom stereocenters. The molecule has 2 heterocycles. The molecule has 8 heteroatoms. The van der Waals surface area contributed by atoms with E-state index in [0.717, 1.165) is 24.8 Å². The molecule has 0 saturated carbocycles. The minimum atomic E-state index is -0.321. The van der Waals surface area contributed by atoms with Gasteiger partial charge in [-0.3, -0.25) is 0 Å². The molecule has 4 rings (SSSR count). The number of hydrogen-bond donors (Lipinski definition) is 0. The Hall–Kier alpha value is -3.55. The zero-order chi connectivity index (χ0) is 20.1. The zero-order valence-electron chi connectivity index (χ0n) is 15.8. The molecule has 0 amide bonds. The summed E-state index contributed by atoms with van der Waals surface area (Å²) >= 11 is 0. The lowest BCUT2D eigenvalue weighted by Gasteiger charge is -2.03. The standard InChI is InChI=1S/C21H19FN4O3/c1-2-3-4-19-24-20(26-28-19)14-7-11-17(12-8-14)27-13-18-23-21(29-25-18)15-5-9-16(22)10-6-15/h5-12H,2-4,13H2,1H3. The number of nitrogens with zero attached hydrogens (tertiary/aromatic N) is 4. The third kappa shape index (κ3) is 4.66. The van der Waals surface area contributed by atoms with Crippen molar-refractivity contribution in [3.8, 4) is 28.6 Å². The highest BCUT2D eigenvalue weighted by atomic mass is 19.1. The molecular formula is C21H19FN4O3. The molecule has 0 aliphatic rings. The van der Waals surface area contributed by atoms with E-state index >= 15 is 0 Å². The van der Waals surface area contributed by atoms with Gasteiger partial charge in [0.05, 0.1) is 0 Å². The first-order valence-corrected chi connectivity index (χ1v) is 9.35. The van der Waals surface area contributed by atoms with Gasteiger partial charge in [0.1, 0.15) is 11.6 Å². The minimum Gasteiger partial charge on any atom is -0.485 e. The van der Waals surface area contributed by atoms with Crippen LogP contribution in [-0.4, -0.2) is 20.3 Å². The second-order valence-electron chi connectivity index (χ2n) is 6.45. The SMILES string of the molecule is CCCCc1nc(-c2ccc(OCc3noc(-c4ccc(F)cc4)n3)cc2)no1. The van der Waals surface area contributed by atoms with Gasteiger partial charge < -0.3 is 13.8 Å². The molecule has 0 fully saturated rings. The van der Waals surface area contributed by atoms with Gasteiger partial charge in [0.15, 0.2) is 6.61 Å². The summed E-state index contributed by atoms with van der Waals surface area (Å²) in [6.07, 6.45) is 2.89. The summed E-state index contributed by atoms with van der Waals surface area (Å²) in [5.41, 5.74) is 1.50. The largest absolute Gasteiger partial charge is 0.485 e. The third-order valence-electron chi connectivity index (χ3n) is 4.25. The molecule has 29 heavy (non-hydrogen) atoms. The minimum absolute atomic E-state index is 0.146.